The zero-order valence-electron chi connectivity index (χ0n) is 10.6. The van der Waals surface area contributed by atoms with Crippen LogP contribution in [0.4, 0.5) is 5.69 Å². The molecule has 1 aromatic carbocycles. The van der Waals surface area contributed by atoms with Crippen molar-refractivity contribution in [3.63, 3.8) is 0 Å². The lowest BCUT2D eigenvalue weighted by atomic mass is 10.1. The summed E-state index contributed by atoms with van der Waals surface area (Å²) in [5.41, 5.74) is 2.31. The van der Waals surface area contributed by atoms with E-state index in [-0.39, 0.29) is 11.7 Å². The average Bonchev–Trinajstić information content (AvgIpc) is 2.39. The number of nitrogens with zero attached hydrogens (tertiary/aromatic N) is 1. The summed E-state index contributed by atoms with van der Waals surface area (Å²) in [6.45, 7) is 3.57. The van der Waals surface area contributed by atoms with Gasteiger partial charge >= 0.3 is 0 Å². The van der Waals surface area contributed by atoms with Crippen molar-refractivity contribution in [1.82, 2.24) is 4.98 Å². The molecule has 2 N–H and O–H groups in total. The van der Waals surface area contributed by atoms with E-state index in [4.69, 9.17) is 0 Å². The van der Waals surface area contributed by atoms with Gasteiger partial charge in [0.25, 0.3) is 5.91 Å². The van der Waals surface area contributed by atoms with E-state index >= 15 is 0 Å². The number of anilines is 1. The highest BCUT2D eigenvalue weighted by atomic mass is 79.9. The zero-order chi connectivity index (χ0) is 14.0. The minimum absolute atomic E-state index is 0.194. The molecule has 0 radical (unpaired) electrons. The molecule has 2 aromatic rings. The van der Waals surface area contributed by atoms with Crippen molar-refractivity contribution in [3.8, 4) is 5.75 Å². The Hall–Kier alpha value is -1.88. The van der Waals surface area contributed by atoms with E-state index < -0.39 is 0 Å². The summed E-state index contributed by atoms with van der Waals surface area (Å²) in [6, 6.07) is 8.64. The van der Waals surface area contributed by atoms with Crippen molar-refractivity contribution in [3.05, 3.63) is 51.8 Å². The van der Waals surface area contributed by atoms with Gasteiger partial charge in [-0.25, -0.2) is 4.98 Å². The van der Waals surface area contributed by atoms with Gasteiger partial charge < -0.3 is 10.4 Å². The Bertz CT molecular complexity index is 641. The molecule has 0 bridgehead atoms. The van der Waals surface area contributed by atoms with Crippen LogP contribution in [-0.4, -0.2) is 16.0 Å². The number of aryl methyl sites for hydroxylation is 1. The first-order chi connectivity index (χ1) is 8.99. The number of pyridine rings is 1. The van der Waals surface area contributed by atoms with E-state index in [2.05, 4.69) is 26.2 Å². The second kappa shape index (κ2) is 5.40. The Morgan fingerprint density at radius 3 is 2.68 bits per heavy atom. The molecule has 1 aromatic heterocycles. The fraction of sp³-hybridized carbons (Fsp3) is 0.143. The number of phenols is 1. The first-order valence-corrected chi connectivity index (χ1v) is 6.51. The van der Waals surface area contributed by atoms with Crippen molar-refractivity contribution in [2.45, 2.75) is 13.8 Å². The molecule has 0 saturated heterocycles. The van der Waals surface area contributed by atoms with E-state index in [0.717, 1.165) is 5.56 Å². The molecule has 0 saturated carbocycles. The van der Waals surface area contributed by atoms with Gasteiger partial charge in [-0.3, -0.25) is 4.79 Å². The number of phenolic OH excluding ortho intramolecular Hbond substituents is 1. The van der Waals surface area contributed by atoms with Crippen molar-refractivity contribution in [1.29, 1.82) is 0 Å². The molecule has 98 valence electrons. The Balaban J connectivity index is 2.27. The molecular formula is C14H13BrN2O2. The van der Waals surface area contributed by atoms with E-state index in [0.29, 0.717) is 21.5 Å². The fourth-order valence-corrected chi connectivity index (χ4v) is 2.04. The first-order valence-electron chi connectivity index (χ1n) is 5.72. The summed E-state index contributed by atoms with van der Waals surface area (Å²) in [5, 5.41) is 12.6. The number of carbonyl (C=O) groups excluding carboxylic acids is 1. The van der Waals surface area contributed by atoms with E-state index in [1.54, 1.807) is 37.3 Å². The maximum absolute atomic E-state index is 12.0. The molecule has 0 aliphatic heterocycles. The molecule has 0 spiro atoms. The summed E-state index contributed by atoms with van der Waals surface area (Å²) in [5.74, 6) is -0.118. The average molecular weight is 321 g/mol. The largest absolute Gasteiger partial charge is 0.507 e. The van der Waals surface area contributed by atoms with Gasteiger partial charge in [-0.1, -0.05) is 12.1 Å². The monoisotopic (exact) mass is 320 g/mol. The van der Waals surface area contributed by atoms with Crippen molar-refractivity contribution < 1.29 is 9.90 Å². The number of hydrogen-bond donors (Lipinski definition) is 2. The molecule has 4 nitrogen and oxygen atoms in total. The van der Waals surface area contributed by atoms with Gasteiger partial charge in [-0.2, -0.15) is 0 Å². The summed E-state index contributed by atoms with van der Waals surface area (Å²) in [7, 11) is 0. The highest BCUT2D eigenvalue weighted by Crippen LogP contribution is 2.28. The smallest absolute Gasteiger partial charge is 0.274 e. The molecule has 1 amide bonds. The van der Waals surface area contributed by atoms with E-state index in [1.165, 1.54) is 0 Å². The number of benzene rings is 1. The maximum Gasteiger partial charge on any atom is 0.274 e. The van der Waals surface area contributed by atoms with Crippen LogP contribution in [-0.2, 0) is 0 Å². The van der Waals surface area contributed by atoms with Crippen LogP contribution in [0.5, 0.6) is 5.75 Å². The predicted octanol–water partition coefficient (Wildman–Crippen LogP) is 3.42. The zero-order valence-corrected chi connectivity index (χ0v) is 12.2. The van der Waals surface area contributed by atoms with Gasteiger partial charge in [-0.15, -0.1) is 0 Å². The Morgan fingerprint density at radius 1 is 1.26 bits per heavy atom. The molecular weight excluding hydrogens is 308 g/mol. The van der Waals surface area contributed by atoms with Crippen LogP contribution in [0, 0.1) is 13.8 Å². The summed E-state index contributed by atoms with van der Waals surface area (Å²) in [6.07, 6.45) is 0. The van der Waals surface area contributed by atoms with E-state index in [1.807, 2.05) is 6.92 Å². The van der Waals surface area contributed by atoms with Crippen molar-refractivity contribution >= 4 is 27.5 Å². The molecule has 0 aliphatic carbocycles. The van der Waals surface area contributed by atoms with Crippen molar-refractivity contribution in [2.75, 3.05) is 5.32 Å². The van der Waals surface area contributed by atoms with Gasteiger partial charge in [0.05, 0.1) is 0 Å². The lowest BCUT2D eigenvalue weighted by Gasteiger charge is -2.11. The molecule has 0 atom stereocenters. The van der Waals surface area contributed by atoms with Gasteiger partial charge in [0.15, 0.2) is 0 Å². The quantitative estimate of drug-likeness (QED) is 0.833. The van der Waals surface area contributed by atoms with E-state index in [9.17, 15) is 9.90 Å². The number of hydrogen-bond acceptors (Lipinski definition) is 3. The summed E-state index contributed by atoms with van der Waals surface area (Å²) < 4.78 is 0.601. The number of carbonyl (C=O) groups is 1. The molecule has 2 rings (SSSR count). The van der Waals surface area contributed by atoms with Crippen LogP contribution >= 0.6 is 15.9 Å². The molecule has 0 aliphatic rings. The minimum atomic E-state index is -0.312. The van der Waals surface area contributed by atoms with Gasteiger partial charge in [0, 0.05) is 11.3 Å². The second-order valence-electron chi connectivity index (χ2n) is 4.20. The van der Waals surface area contributed by atoms with Crippen LogP contribution in [0.3, 0.4) is 0 Å². The number of rotatable bonds is 2. The molecule has 0 fully saturated rings. The number of nitrogens with one attached hydrogen (secondary N) is 1. The van der Waals surface area contributed by atoms with Crippen LogP contribution in [0.25, 0.3) is 0 Å². The summed E-state index contributed by atoms with van der Waals surface area (Å²) >= 11 is 3.22. The standard InChI is InChI=1S/C14H13BrN2O2/c1-8-6-7-10(9(2)13(8)18)17-14(19)11-4-3-5-12(15)16-11/h3-7,18H,1-2H3,(H,17,19). The van der Waals surface area contributed by atoms with Crippen LogP contribution in [0.1, 0.15) is 21.6 Å². The Kier molecular flexibility index (Phi) is 3.85. The number of aromatic nitrogens is 1. The predicted molar refractivity (Wildman–Crippen MR) is 77.5 cm³/mol. The highest BCUT2D eigenvalue weighted by molar-refractivity contribution is 9.10. The van der Waals surface area contributed by atoms with Gasteiger partial charge in [0.1, 0.15) is 16.0 Å². The number of amides is 1. The second-order valence-corrected chi connectivity index (χ2v) is 5.02. The number of halogens is 1. The Labute approximate surface area is 119 Å². The van der Waals surface area contributed by atoms with Gasteiger partial charge in [-0.05, 0) is 53.5 Å². The van der Waals surface area contributed by atoms with Crippen LogP contribution in [0.2, 0.25) is 0 Å². The van der Waals surface area contributed by atoms with Gasteiger partial charge in [0.2, 0.25) is 0 Å². The third-order valence-electron chi connectivity index (χ3n) is 2.83. The van der Waals surface area contributed by atoms with Crippen LogP contribution < -0.4 is 5.32 Å². The molecule has 5 heteroatoms. The lowest BCUT2D eigenvalue weighted by molar-refractivity contribution is 0.102. The minimum Gasteiger partial charge on any atom is -0.507 e. The van der Waals surface area contributed by atoms with Crippen molar-refractivity contribution in [2.24, 2.45) is 0 Å². The third kappa shape index (κ3) is 2.93. The lowest BCUT2D eigenvalue weighted by Crippen LogP contribution is -2.14. The Morgan fingerprint density at radius 2 is 2.00 bits per heavy atom. The fourth-order valence-electron chi connectivity index (χ4n) is 1.69. The first kappa shape index (κ1) is 13.5. The summed E-state index contributed by atoms with van der Waals surface area (Å²) in [4.78, 5) is 16.1. The molecule has 0 unspecified atom stereocenters. The third-order valence-corrected chi connectivity index (χ3v) is 3.27. The maximum atomic E-state index is 12.0. The number of aromatic hydroxyl groups is 1. The van der Waals surface area contributed by atoms with Crippen LogP contribution in [0.15, 0.2) is 34.9 Å². The normalized spacial score (nSPS) is 10.3. The topological polar surface area (TPSA) is 62.2 Å². The molecule has 19 heavy (non-hydrogen) atoms. The molecule has 1 heterocycles. The highest BCUT2D eigenvalue weighted by Gasteiger charge is 2.12. The SMILES string of the molecule is Cc1ccc(NC(=O)c2cccc(Br)n2)c(C)c1O.